The number of rotatable bonds is 1. The van der Waals surface area contributed by atoms with E-state index in [0.717, 1.165) is 0 Å². The number of likely N-dealkylation sites (tertiary alicyclic amines) is 1. The van der Waals surface area contributed by atoms with Gasteiger partial charge in [0.1, 0.15) is 6.54 Å². The van der Waals surface area contributed by atoms with Crippen LogP contribution in [0.2, 0.25) is 0 Å². The molecule has 3 fully saturated rings. The number of aliphatic hydroxyl groups is 1. The van der Waals surface area contributed by atoms with Crippen LogP contribution in [-0.2, 0) is 9.59 Å². The topological polar surface area (TPSA) is 93.2 Å². The highest BCUT2D eigenvalue weighted by molar-refractivity contribution is 5.86. The van der Waals surface area contributed by atoms with Crippen LogP contribution in [0, 0.1) is 5.92 Å². The van der Waals surface area contributed by atoms with Crippen molar-refractivity contribution in [2.45, 2.75) is 30.9 Å². The van der Waals surface area contributed by atoms with Gasteiger partial charge in [0.15, 0.2) is 0 Å². The summed E-state index contributed by atoms with van der Waals surface area (Å²) in [5.41, 5.74) is -0.521. The van der Waals surface area contributed by atoms with Gasteiger partial charge in [-0.25, -0.2) is 4.79 Å². The first-order valence-electron chi connectivity index (χ1n) is 8.05. The van der Waals surface area contributed by atoms with Gasteiger partial charge in [-0.05, 0) is 19.3 Å². The van der Waals surface area contributed by atoms with E-state index in [1.165, 1.54) is 4.90 Å². The van der Waals surface area contributed by atoms with Gasteiger partial charge in [0, 0.05) is 39.6 Å². The van der Waals surface area contributed by atoms with E-state index >= 15 is 0 Å². The number of carbonyl (C=O) groups excluding carboxylic acids is 3. The molecule has 1 spiro atoms. The van der Waals surface area contributed by atoms with Crippen molar-refractivity contribution in [2.75, 3.05) is 40.3 Å². The molecule has 0 bridgehead atoms. The van der Waals surface area contributed by atoms with Gasteiger partial charge in [-0.1, -0.05) is 0 Å². The summed E-state index contributed by atoms with van der Waals surface area (Å²) in [6.45, 7) is 1.43. The van der Waals surface area contributed by atoms with Crippen LogP contribution >= 0.6 is 0 Å². The Bertz CT molecular complexity index is 532. The van der Waals surface area contributed by atoms with Crippen LogP contribution in [0.1, 0.15) is 19.3 Å². The molecule has 2 N–H and O–H groups in total. The van der Waals surface area contributed by atoms with E-state index in [9.17, 15) is 19.5 Å². The van der Waals surface area contributed by atoms with Crippen LogP contribution in [0.4, 0.5) is 4.79 Å². The van der Waals surface area contributed by atoms with E-state index in [4.69, 9.17) is 0 Å². The Morgan fingerprint density at radius 3 is 2.65 bits per heavy atom. The number of nitrogens with zero attached hydrogens (tertiary/aromatic N) is 3. The Kier molecular flexibility index (Phi) is 3.95. The molecule has 1 atom stereocenters. The Morgan fingerprint density at radius 2 is 2.04 bits per heavy atom. The molecule has 4 amide bonds. The summed E-state index contributed by atoms with van der Waals surface area (Å²) in [6, 6.07) is -0.201. The van der Waals surface area contributed by atoms with E-state index < -0.39 is 5.54 Å². The second kappa shape index (κ2) is 5.67. The van der Waals surface area contributed by atoms with Gasteiger partial charge in [0.2, 0.25) is 11.8 Å². The second-order valence-corrected chi connectivity index (χ2v) is 7.10. The minimum Gasteiger partial charge on any atom is -0.393 e. The summed E-state index contributed by atoms with van der Waals surface area (Å²) in [4.78, 5) is 41.5. The Labute approximate surface area is 135 Å². The average Bonchev–Trinajstić information content (AvgIpc) is 2.90. The maximum absolute atomic E-state index is 12.5. The molecule has 0 aromatic rings. The normalized spacial score (nSPS) is 33.4. The molecular formula is C15H24N4O4. The Balaban J connectivity index is 1.73. The second-order valence-electron chi connectivity index (χ2n) is 7.10. The molecule has 0 aromatic carbocycles. The summed E-state index contributed by atoms with van der Waals surface area (Å²) in [6.07, 6.45) is 1.36. The fraction of sp³-hybridized carbons (Fsp3) is 0.800. The fourth-order valence-corrected chi connectivity index (χ4v) is 3.69. The molecule has 0 radical (unpaired) electrons. The quantitative estimate of drug-likeness (QED) is 0.636. The minimum atomic E-state index is -0.521. The summed E-state index contributed by atoms with van der Waals surface area (Å²) in [7, 11) is 3.33. The summed E-state index contributed by atoms with van der Waals surface area (Å²) >= 11 is 0. The van der Waals surface area contributed by atoms with Crippen molar-refractivity contribution < 1.29 is 19.5 Å². The lowest BCUT2D eigenvalue weighted by Crippen LogP contribution is -2.67. The van der Waals surface area contributed by atoms with Gasteiger partial charge in [-0.3, -0.25) is 9.59 Å². The number of nitrogens with one attached hydrogen (secondary N) is 1. The highest BCUT2D eigenvalue weighted by atomic mass is 16.3. The zero-order valence-electron chi connectivity index (χ0n) is 13.6. The fourth-order valence-electron chi connectivity index (χ4n) is 3.69. The molecule has 23 heavy (non-hydrogen) atoms. The smallest absolute Gasteiger partial charge is 0.320 e. The molecule has 1 aliphatic carbocycles. The minimum absolute atomic E-state index is 0.0290. The van der Waals surface area contributed by atoms with Gasteiger partial charge in [-0.2, -0.15) is 0 Å². The molecule has 8 heteroatoms. The monoisotopic (exact) mass is 324 g/mol. The first-order valence-corrected chi connectivity index (χ1v) is 8.05. The number of aliphatic hydroxyl groups excluding tert-OH is 1. The van der Waals surface area contributed by atoms with Crippen LogP contribution in [0.15, 0.2) is 0 Å². The SMILES string of the molecule is CN(C)C(=O)N1CC(=O)NC[C@@]12CCN(C(=O)C1CC(O)C1)C2. The number of hydrogen-bond acceptors (Lipinski definition) is 4. The molecular weight excluding hydrogens is 300 g/mol. The number of piperazine rings is 1. The Morgan fingerprint density at radius 1 is 1.35 bits per heavy atom. The maximum atomic E-state index is 12.5. The van der Waals surface area contributed by atoms with E-state index in [1.807, 2.05) is 0 Å². The lowest BCUT2D eigenvalue weighted by Gasteiger charge is -2.45. The summed E-state index contributed by atoms with van der Waals surface area (Å²) in [5.74, 6) is -0.213. The predicted molar refractivity (Wildman–Crippen MR) is 81.5 cm³/mol. The van der Waals surface area contributed by atoms with Gasteiger partial charge < -0.3 is 25.1 Å². The first-order chi connectivity index (χ1) is 10.8. The third-order valence-electron chi connectivity index (χ3n) is 5.21. The highest BCUT2D eigenvalue weighted by Crippen LogP contribution is 2.35. The van der Waals surface area contributed by atoms with Crippen molar-refractivity contribution in [3.05, 3.63) is 0 Å². The molecule has 2 aliphatic heterocycles. The van der Waals surface area contributed by atoms with Gasteiger partial charge in [-0.15, -0.1) is 0 Å². The molecule has 8 nitrogen and oxygen atoms in total. The van der Waals surface area contributed by atoms with Gasteiger partial charge >= 0.3 is 6.03 Å². The molecule has 3 aliphatic rings. The van der Waals surface area contributed by atoms with Crippen molar-refractivity contribution in [2.24, 2.45) is 5.92 Å². The van der Waals surface area contributed by atoms with E-state index in [1.54, 1.807) is 23.9 Å². The highest BCUT2D eigenvalue weighted by Gasteiger charge is 2.51. The van der Waals surface area contributed by atoms with Crippen LogP contribution in [0.25, 0.3) is 0 Å². The third-order valence-corrected chi connectivity index (χ3v) is 5.21. The summed E-state index contributed by atoms with van der Waals surface area (Å²) < 4.78 is 0. The van der Waals surface area contributed by atoms with E-state index in [2.05, 4.69) is 5.32 Å². The molecule has 0 unspecified atom stereocenters. The molecule has 2 saturated heterocycles. The molecule has 0 aromatic heterocycles. The van der Waals surface area contributed by atoms with Crippen LogP contribution in [0.3, 0.4) is 0 Å². The van der Waals surface area contributed by atoms with Crippen molar-refractivity contribution in [3.63, 3.8) is 0 Å². The van der Waals surface area contributed by atoms with Crippen LogP contribution in [-0.4, -0.2) is 89.6 Å². The van der Waals surface area contributed by atoms with Crippen LogP contribution < -0.4 is 5.32 Å². The maximum Gasteiger partial charge on any atom is 0.320 e. The number of carbonyl (C=O) groups is 3. The molecule has 128 valence electrons. The van der Waals surface area contributed by atoms with Crippen molar-refractivity contribution in [1.29, 1.82) is 0 Å². The lowest BCUT2D eigenvalue weighted by molar-refractivity contribution is -0.141. The summed E-state index contributed by atoms with van der Waals surface area (Å²) in [5, 5.41) is 12.2. The van der Waals surface area contributed by atoms with Crippen molar-refractivity contribution >= 4 is 17.8 Å². The standard InChI is InChI=1S/C15H24N4O4/c1-17(2)14(23)19-7-12(21)16-8-15(19)3-4-18(9-15)13(22)10-5-11(20)6-10/h10-11,20H,3-9H2,1-2H3,(H,16,21)/t10?,11?,15-/m1/s1. The average molecular weight is 324 g/mol. The molecule has 3 rings (SSSR count). The van der Waals surface area contributed by atoms with E-state index in [0.29, 0.717) is 38.9 Å². The largest absolute Gasteiger partial charge is 0.393 e. The van der Waals surface area contributed by atoms with Crippen molar-refractivity contribution in [1.82, 2.24) is 20.0 Å². The van der Waals surface area contributed by atoms with E-state index in [-0.39, 0.29) is 36.4 Å². The molecule has 2 heterocycles. The number of urea groups is 1. The first kappa shape index (κ1) is 16.0. The zero-order valence-corrected chi connectivity index (χ0v) is 13.6. The number of amides is 4. The van der Waals surface area contributed by atoms with Gasteiger partial charge in [0.25, 0.3) is 0 Å². The Hall–Kier alpha value is -1.83. The molecule has 1 saturated carbocycles. The zero-order chi connectivity index (χ0) is 16.8. The van der Waals surface area contributed by atoms with Gasteiger partial charge in [0.05, 0.1) is 11.6 Å². The lowest BCUT2D eigenvalue weighted by atomic mass is 9.81. The number of hydrogen-bond donors (Lipinski definition) is 2. The van der Waals surface area contributed by atoms with Crippen molar-refractivity contribution in [3.8, 4) is 0 Å². The predicted octanol–water partition coefficient (Wildman–Crippen LogP) is -1.16. The third kappa shape index (κ3) is 2.75. The van der Waals surface area contributed by atoms with Crippen LogP contribution in [0.5, 0.6) is 0 Å².